The van der Waals surface area contributed by atoms with Gasteiger partial charge in [-0.25, -0.2) is 0 Å². The molecule has 3 N–H and O–H groups in total. The van der Waals surface area contributed by atoms with Gasteiger partial charge >= 0.3 is 5.97 Å². The Morgan fingerprint density at radius 1 is 1.50 bits per heavy atom. The van der Waals surface area contributed by atoms with Crippen LogP contribution >= 0.6 is 0 Å². The van der Waals surface area contributed by atoms with Crippen LogP contribution in [0.2, 0.25) is 0 Å². The van der Waals surface area contributed by atoms with Gasteiger partial charge in [0.25, 0.3) is 10.2 Å². The van der Waals surface area contributed by atoms with Gasteiger partial charge in [-0.05, 0) is 33.6 Å². The molecule has 1 aliphatic heterocycles. The molecule has 0 aromatic heterocycles. The molecule has 1 saturated heterocycles. The summed E-state index contributed by atoms with van der Waals surface area (Å²) >= 11 is 0. The van der Waals surface area contributed by atoms with Crippen molar-refractivity contribution in [3.63, 3.8) is 0 Å². The molecule has 0 radical (unpaired) electrons. The zero-order valence-corrected chi connectivity index (χ0v) is 13.2. The van der Waals surface area contributed by atoms with Crippen molar-refractivity contribution in [2.24, 2.45) is 11.7 Å². The van der Waals surface area contributed by atoms with Crippen molar-refractivity contribution < 1.29 is 17.9 Å². The molecule has 0 spiro atoms. The fourth-order valence-electron chi connectivity index (χ4n) is 2.07. The fraction of sp³-hybridized carbons (Fsp3) is 0.917. The summed E-state index contributed by atoms with van der Waals surface area (Å²) in [5.74, 6) is -0.716. The number of hydrogen-bond acceptors (Lipinski definition) is 5. The van der Waals surface area contributed by atoms with E-state index in [2.05, 4.69) is 4.72 Å². The van der Waals surface area contributed by atoms with Gasteiger partial charge < -0.3 is 10.5 Å². The molecule has 8 heteroatoms. The molecule has 1 rings (SSSR count). The minimum Gasteiger partial charge on any atom is -0.466 e. The zero-order valence-electron chi connectivity index (χ0n) is 12.4. The number of rotatable bonds is 6. The smallest absolute Gasteiger partial charge is 0.310 e. The van der Waals surface area contributed by atoms with Crippen LogP contribution in [0.15, 0.2) is 0 Å². The molecule has 0 aromatic rings. The normalized spacial score (nSPS) is 21.7. The van der Waals surface area contributed by atoms with Crippen molar-refractivity contribution in [3.8, 4) is 0 Å². The van der Waals surface area contributed by atoms with Gasteiger partial charge in [-0.3, -0.25) is 4.79 Å². The topological polar surface area (TPSA) is 102 Å². The van der Waals surface area contributed by atoms with Gasteiger partial charge in [0.05, 0.1) is 12.5 Å². The van der Waals surface area contributed by atoms with E-state index in [1.807, 2.05) is 0 Å². The highest BCUT2D eigenvalue weighted by molar-refractivity contribution is 7.87. The minimum absolute atomic E-state index is 0.162. The summed E-state index contributed by atoms with van der Waals surface area (Å²) in [6.07, 6.45) is 1.30. The Bertz CT molecular complexity index is 436. The van der Waals surface area contributed by atoms with Crippen LogP contribution in [-0.4, -0.2) is 50.5 Å². The van der Waals surface area contributed by atoms with E-state index in [1.54, 1.807) is 20.8 Å². The number of carbonyl (C=O) groups excluding carboxylic acids is 1. The summed E-state index contributed by atoms with van der Waals surface area (Å²) < 4.78 is 33.4. The summed E-state index contributed by atoms with van der Waals surface area (Å²) in [5, 5.41) is 0. The van der Waals surface area contributed by atoms with E-state index in [0.29, 0.717) is 26.0 Å². The van der Waals surface area contributed by atoms with Crippen LogP contribution < -0.4 is 10.5 Å². The van der Waals surface area contributed by atoms with Crippen LogP contribution in [0.5, 0.6) is 0 Å². The Balaban J connectivity index is 2.73. The first kappa shape index (κ1) is 17.4. The monoisotopic (exact) mass is 307 g/mol. The molecule has 118 valence electrons. The number of carbonyl (C=O) groups is 1. The number of ether oxygens (including phenoxy) is 1. The quantitative estimate of drug-likeness (QED) is 0.664. The van der Waals surface area contributed by atoms with Crippen molar-refractivity contribution in [2.75, 3.05) is 26.2 Å². The first-order chi connectivity index (χ1) is 9.22. The predicted molar refractivity (Wildman–Crippen MR) is 76.1 cm³/mol. The van der Waals surface area contributed by atoms with E-state index in [1.165, 1.54) is 4.31 Å². The lowest BCUT2D eigenvalue weighted by molar-refractivity contribution is -0.149. The third kappa shape index (κ3) is 4.69. The van der Waals surface area contributed by atoms with E-state index in [9.17, 15) is 13.2 Å². The Labute approximate surface area is 121 Å². The molecule has 0 aromatic carbocycles. The summed E-state index contributed by atoms with van der Waals surface area (Å²) in [6.45, 7) is 6.25. The number of nitrogens with zero attached hydrogens (tertiary/aromatic N) is 1. The number of nitrogens with one attached hydrogen (secondary N) is 1. The lowest BCUT2D eigenvalue weighted by Crippen LogP contribution is -2.56. The average Bonchev–Trinajstić information content (AvgIpc) is 2.38. The summed E-state index contributed by atoms with van der Waals surface area (Å²) in [5.41, 5.74) is 4.83. The molecule has 1 atom stereocenters. The molecule has 0 bridgehead atoms. The first-order valence-electron chi connectivity index (χ1n) is 6.87. The van der Waals surface area contributed by atoms with Crippen LogP contribution in [0, 0.1) is 5.92 Å². The van der Waals surface area contributed by atoms with Gasteiger partial charge in [0.2, 0.25) is 0 Å². The largest absolute Gasteiger partial charge is 0.466 e. The molecule has 20 heavy (non-hydrogen) atoms. The van der Waals surface area contributed by atoms with Crippen molar-refractivity contribution in [1.82, 2.24) is 9.03 Å². The highest BCUT2D eigenvalue weighted by atomic mass is 32.2. The van der Waals surface area contributed by atoms with E-state index in [4.69, 9.17) is 10.5 Å². The molecule has 1 aliphatic rings. The summed E-state index contributed by atoms with van der Waals surface area (Å²) in [4.78, 5) is 11.7. The second kappa shape index (κ2) is 6.84. The second-order valence-corrected chi connectivity index (χ2v) is 7.31. The molecule has 7 nitrogen and oxygen atoms in total. The molecule has 0 saturated carbocycles. The van der Waals surface area contributed by atoms with Gasteiger partial charge in [0.1, 0.15) is 0 Å². The second-order valence-electron chi connectivity index (χ2n) is 5.64. The Morgan fingerprint density at radius 2 is 2.15 bits per heavy atom. The van der Waals surface area contributed by atoms with E-state index in [-0.39, 0.29) is 25.0 Å². The molecular weight excluding hydrogens is 282 g/mol. The summed E-state index contributed by atoms with van der Waals surface area (Å²) in [6, 6.07) is 0. The predicted octanol–water partition coefficient (Wildman–Crippen LogP) is -0.167. The SMILES string of the molecule is CCOC(=O)C1CCCN(S(=O)(=O)NC(C)(C)CN)C1. The molecule has 1 unspecified atom stereocenters. The molecular formula is C12H25N3O4S. The number of piperidine rings is 1. The van der Waals surface area contributed by atoms with Gasteiger partial charge in [-0.15, -0.1) is 0 Å². The maximum Gasteiger partial charge on any atom is 0.310 e. The van der Waals surface area contributed by atoms with Crippen LogP contribution in [0.3, 0.4) is 0 Å². The van der Waals surface area contributed by atoms with Crippen LogP contribution in [0.1, 0.15) is 33.6 Å². The van der Waals surface area contributed by atoms with Crippen molar-refractivity contribution in [3.05, 3.63) is 0 Å². The van der Waals surface area contributed by atoms with Crippen molar-refractivity contribution in [2.45, 2.75) is 39.2 Å². The molecule has 0 aliphatic carbocycles. The van der Waals surface area contributed by atoms with Gasteiger partial charge in [-0.2, -0.15) is 17.4 Å². The molecule has 0 amide bonds. The van der Waals surface area contributed by atoms with Gasteiger partial charge in [0, 0.05) is 25.2 Å². The average molecular weight is 307 g/mol. The van der Waals surface area contributed by atoms with Gasteiger partial charge in [-0.1, -0.05) is 0 Å². The number of nitrogens with two attached hydrogens (primary N) is 1. The van der Waals surface area contributed by atoms with Gasteiger partial charge in [0.15, 0.2) is 0 Å². The maximum absolute atomic E-state index is 12.3. The third-order valence-corrected chi connectivity index (χ3v) is 5.08. The molecule has 1 heterocycles. The van der Waals surface area contributed by atoms with E-state index >= 15 is 0 Å². The Morgan fingerprint density at radius 3 is 2.70 bits per heavy atom. The summed E-state index contributed by atoms with van der Waals surface area (Å²) in [7, 11) is -3.64. The highest BCUT2D eigenvalue weighted by Crippen LogP contribution is 2.20. The van der Waals surface area contributed by atoms with Crippen molar-refractivity contribution >= 4 is 16.2 Å². The third-order valence-electron chi connectivity index (χ3n) is 3.26. The first-order valence-corrected chi connectivity index (χ1v) is 8.31. The lowest BCUT2D eigenvalue weighted by atomic mass is 10.0. The van der Waals surface area contributed by atoms with Crippen LogP contribution in [-0.2, 0) is 19.7 Å². The number of hydrogen-bond donors (Lipinski definition) is 2. The van der Waals surface area contributed by atoms with Crippen LogP contribution in [0.25, 0.3) is 0 Å². The van der Waals surface area contributed by atoms with Crippen LogP contribution in [0.4, 0.5) is 0 Å². The van der Waals surface area contributed by atoms with Crippen molar-refractivity contribution in [1.29, 1.82) is 0 Å². The highest BCUT2D eigenvalue weighted by Gasteiger charge is 2.35. The van der Waals surface area contributed by atoms with E-state index in [0.717, 1.165) is 0 Å². The lowest BCUT2D eigenvalue weighted by Gasteiger charge is -2.34. The minimum atomic E-state index is -3.64. The Hall–Kier alpha value is -0.700. The number of esters is 1. The Kier molecular flexibility index (Phi) is 5.93. The van der Waals surface area contributed by atoms with E-state index < -0.39 is 15.7 Å². The fourth-order valence-corrected chi connectivity index (χ4v) is 3.72. The standard InChI is InChI=1S/C12H25N3O4S/c1-4-19-11(16)10-6-5-7-15(8-10)20(17,18)14-12(2,3)9-13/h10,14H,4-9,13H2,1-3H3. The zero-order chi connectivity index (χ0) is 15.4. The maximum atomic E-state index is 12.3. The molecule has 1 fully saturated rings.